The third-order valence-electron chi connectivity index (χ3n) is 5.32. The molecule has 0 N–H and O–H groups in total. The molecule has 0 saturated carbocycles. The van der Waals surface area contributed by atoms with Crippen LogP contribution in [0.4, 0.5) is 5.69 Å². The second kappa shape index (κ2) is 8.32. The lowest BCUT2D eigenvalue weighted by molar-refractivity contribution is -0.125. The first-order chi connectivity index (χ1) is 15.2. The van der Waals surface area contributed by atoms with Gasteiger partial charge in [-0.2, -0.15) is 0 Å². The maximum atomic E-state index is 12.9. The zero-order chi connectivity index (χ0) is 21.2. The molecule has 2 aromatic heterocycles. The summed E-state index contributed by atoms with van der Waals surface area (Å²) >= 11 is 1.56. The lowest BCUT2D eigenvalue weighted by atomic mass is 10.1. The molecule has 0 radical (unpaired) electrons. The van der Waals surface area contributed by atoms with Crippen LogP contribution in [0.1, 0.15) is 12.5 Å². The molecular formula is C25H21N3O2S. The maximum absolute atomic E-state index is 12.9. The van der Waals surface area contributed by atoms with Gasteiger partial charge < -0.3 is 9.64 Å². The van der Waals surface area contributed by atoms with E-state index in [0.717, 1.165) is 39.8 Å². The van der Waals surface area contributed by atoms with Crippen molar-refractivity contribution in [1.29, 1.82) is 0 Å². The van der Waals surface area contributed by atoms with Crippen LogP contribution >= 0.6 is 11.3 Å². The Bertz CT molecular complexity index is 1210. The molecule has 5 rings (SSSR count). The summed E-state index contributed by atoms with van der Waals surface area (Å²) in [4.78, 5) is 23.9. The predicted molar refractivity (Wildman–Crippen MR) is 123 cm³/mol. The fraction of sp³-hybridized carbons (Fsp3) is 0.160. The van der Waals surface area contributed by atoms with Crippen LogP contribution in [0.3, 0.4) is 0 Å². The van der Waals surface area contributed by atoms with Crippen molar-refractivity contribution in [1.82, 2.24) is 9.97 Å². The van der Waals surface area contributed by atoms with Gasteiger partial charge in [-0.1, -0.05) is 36.4 Å². The molecule has 3 heterocycles. The van der Waals surface area contributed by atoms with Crippen molar-refractivity contribution in [3.05, 3.63) is 83.9 Å². The van der Waals surface area contributed by atoms with Crippen molar-refractivity contribution < 1.29 is 9.53 Å². The van der Waals surface area contributed by atoms with Crippen molar-refractivity contribution in [3.8, 4) is 27.7 Å². The largest absolute Gasteiger partial charge is 0.479 e. The Morgan fingerprint density at radius 2 is 1.87 bits per heavy atom. The van der Waals surface area contributed by atoms with Gasteiger partial charge in [0, 0.05) is 23.7 Å². The minimum atomic E-state index is -0.496. The van der Waals surface area contributed by atoms with Gasteiger partial charge in [0.15, 0.2) is 6.10 Å². The van der Waals surface area contributed by atoms with E-state index in [1.165, 1.54) is 5.56 Å². The number of benzene rings is 2. The van der Waals surface area contributed by atoms with Gasteiger partial charge in [0.05, 0.1) is 17.1 Å². The first-order valence-corrected chi connectivity index (χ1v) is 11.1. The van der Waals surface area contributed by atoms with Crippen LogP contribution < -0.4 is 9.64 Å². The Morgan fingerprint density at radius 1 is 1.03 bits per heavy atom. The van der Waals surface area contributed by atoms with Crippen LogP contribution in [0.5, 0.6) is 5.75 Å². The van der Waals surface area contributed by atoms with Crippen molar-refractivity contribution >= 4 is 22.9 Å². The number of fused-ring (bicyclic) bond motifs is 1. The predicted octanol–water partition coefficient (Wildman–Crippen LogP) is 5.23. The van der Waals surface area contributed by atoms with E-state index in [9.17, 15) is 4.79 Å². The van der Waals surface area contributed by atoms with Crippen molar-refractivity contribution in [3.63, 3.8) is 0 Å². The summed E-state index contributed by atoms with van der Waals surface area (Å²) in [7, 11) is 0. The average molecular weight is 428 g/mol. The first kappa shape index (κ1) is 19.5. The van der Waals surface area contributed by atoms with Gasteiger partial charge in [0.2, 0.25) is 0 Å². The average Bonchev–Trinajstić information content (AvgIpc) is 3.31. The van der Waals surface area contributed by atoms with E-state index in [1.54, 1.807) is 24.5 Å². The Hall–Kier alpha value is -3.51. The van der Waals surface area contributed by atoms with E-state index < -0.39 is 6.10 Å². The lowest BCUT2D eigenvalue weighted by Crippen LogP contribution is -2.45. The number of aromatic nitrogens is 2. The van der Waals surface area contributed by atoms with Crippen LogP contribution in [0.15, 0.2) is 78.3 Å². The molecular weight excluding hydrogens is 406 g/mol. The highest BCUT2D eigenvalue weighted by atomic mass is 32.1. The highest BCUT2D eigenvalue weighted by Gasteiger charge is 2.31. The molecule has 4 aromatic rings. The minimum absolute atomic E-state index is 0.0203. The molecule has 5 nitrogen and oxygen atoms in total. The molecule has 1 atom stereocenters. The number of hydrogen-bond donors (Lipinski definition) is 0. The second-order valence-corrected chi connectivity index (χ2v) is 8.28. The van der Waals surface area contributed by atoms with Crippen LogP contribution in [0.25, 0.3) is 22.0 Å². The molecule has 0 aliphatic carbocycles. The molecule has 154 valence electrons. The third-order valence-corrected chi connectivity index (χ3v) is 6.18. The minimum Gasteiger partial charge on any atom is -0.479 e. The van der Waals surface area contributed by atoms with Crippen LogP contribution in [0.2, 0.25) is 0 Å². The number of carbonyl (C=O) groups is 1. The van der Waals surface area contributed by atoms with Gasteiger partial charge >= 0.3 is 0 Å². The fourth-order valence-electron chi connectivity index (χ4n) is 3.70. The SMILES string of the molecule is CC1Oc2ccc(-c3csc(-c4ccccn4)n3)cc2N(CCc2ccccc2)C1=O. The number of nitrogens with zero attached hydrogens (tertiary/aromatic N) is 3. The number of thiazole rings is 1. The van der Waals surface area contributed by atoms with E-state index in [0.29, 0.717) is 6.54 Å². The van der Waals surface area contributed by atoms with E-state index in [4.69, 9.17) is 9.72 Å². The molecule has 2 aromatic carbocycles. The molecule has 1 aliphatic heterocycles. The Kier molecular flexibility index (Phi) is 5.22. The Labute approximate surface area is 185 Å². The Balaban J connectivity index is 1.46. The number of anilines is 1. The van der Waals surface area contributed by atoms with Gasteiger partial charge in [0.25, 0.3) is 5.91 Å². The number of rotatable bonds is 5. The van der Waals surface area contributed by atoms with E-state index in [2.05, 4.69) is 17.1 Å². The summed E-state index contributed by atoms with van der Waals surface area (Å²) in [5.41, 5.74) is 4.67. The molecule has 31 heavy (non-hydrogen) atoms. The smallest absolute Gasteiger partial charge is 0.267 e. The number of ether oxygens (including phenoxy) is 1. The lowest BCUT2D eigenvalue weighted by Gasteiger charge is -2.33. The summed E-state index contributed by atoms with van der Waals surface area (Å²) in [5.74, 6) is 0.706. The van der Waals surface area contributed by atoms with E-state index in [-0.39, 0.29) is 5.91 Å². The molecule has 0 fully saturated rings. The third kappa shape index (κ3) is 3.94. The molecule has 6 heteroatoms. The monoisotopic (exact) mass is 427 g/mol. The molecule has 1 unspecified atom stereocenters. The highest BCUT2D eigenvalue weighted by molar-refractivity contribution is 7.13. The molecule has 1 aliphatic rings. The normalized spacial score (nSPS) is 15.5. The fourth-order valence-corrected chi connectivity index (χ4v) is 4.50. The van der Waals surface area contributed by atoms with E-state index >= 15 is 0 Å². The van der Waals surface area contributed by atoms with Crippen molar-refractivity contribution in [2.45, 2.75) is 19.4 Å². The summed E-state index contributed by atoms with van der Waals surface area (Å²) in [6.45, 7) is 2.40. The highest BCUT2D eigenvalue weighted by Crippen LogP contribution is 2.38. The quantitative estimate of drug-likeness (QED) is 0.438. The maximum Gasteiger partial charge on any atom is 0.267 e. The topological polar surface area (TPSA) is 55.3 Å². The van der Waals surface area contributed by atoms with Gasteiger partial charge in [0.1, 0.15) is 10.8 Å². The van der Waals surface area contributed by atoms with E-state index in [1.807, 2.05) is 64.9 Å². The molecule has 0 spiro atoms. The first-order valence-electron chi connectivity index (χ1n) is 10.2. The zero-order valence-electron chi connectivity index (χ0n) is 17.1. The van der Waals surface area contributed by atoms with Crippen molar-refractivity contribution in [2.24, 2.45) is 0 Å². The van der Waals surface area contributed by atoms with Gasteiger partial charge in [-0.25, -0.2) is 4.98 Å². The van der Waals surface area contributed by atoms with Crippen LogP contribution in [-0.4, -0.2) is 28.5 Å². The second-order valence-electron chi connectivity index (χ2n) is 7.42. The number of carbonyl (C=O) groups excluding carboxylic acids is 1. The summed E-state index contributed by atoms with van der Waals surface area (Å²) in [6, 6.07) is 21.9. The summed E-state index contributed by atoms with van der Waals surface area (Å²) in [6.07, 6.45) is 2.05. The van der Waals surface area contributed by atoms with Crippen molar-refractivity contribution in [2.75, 3.05) is 11.4 Å². The number of hydrogen-bond acceptors (Lipinski definition) is 5. The molecule has 1 amide bonds. The Morgan fingerprint density at radius 3 is 2.68 bits per heavy atom. The molecule has 0 saturated heterocycles. The van der Waals surface area contributed by atoms with Crippen LogP contribution in [0, 0.1) is 0 Å². The number of amides is 1. The summed E-state index contributed by atoms with van der Waals surface area (Å²) < 4.78 is 5.87. The zero-order valence-corrected chi connectivity index (χ0v) is 17.9. The summed E-state index contributed by atoms with van der Waals surface area (Å²) in [5, 5.41) is 2.89. The van der Waals surface area contributed by atoms with Gasteiger partial charge in [-0.15, -0.1) is 11.3 Å². The standard InChI is InChI=1S/C25H21N3O2S/c1-17-25(29)28(14-12-18-7-3-2-4-8-18)22-15-19(10-11-23(22)30-17)21-16-31-24(27-21)20-9-5-6-13-26-20/h2-11,13,15-17H,12,14H2,1H3. The van der Waals surface area contributed by atoms with Gasteiger partial charge in [-0.3, -0.25) is 9.78 Å². The van der Waals surface area contributed by atoms with Gasteiger partial charge in [-0.05, 0) is 49.2 Å². The number of pyridine rings is 1. The van der Waals surface area contributed by atoms with Crippen LogP contribution in [-0.2, 0) is 11.2 Å². The molecule has 0 bridgehead atoms.